The van der Waals surface area contributed by atoms with Gasteiger partial charge in [0.1, 0.15) is 11.0 Å². The zero-order valence-corrected chi connectivity index (χ0v) is 32.5. The van der Waals surface area contributed by atoms with Crippen molar-refractivity contribution in [3.05, 3.63) is 158 Å². The molecule has 0 radical (unpaired) electrons. The van der Waals surface area contributed by atoms with Crippen LogP contribution < -0.4 is 16.0 Å². The summed E-state index contributed by atoms with van der Waals surface area (Å²) < 4.78 is 29.6. The molecule has 0 unspecified atom stereocenters. The van der Waals surface area contributed by atoms with Crippen molar-refractivity contribution in [3.63, 3.8) is 0 Å². The maximum Gasteiger partial charge on any atom is 0.221 e. The summed E-state index contributed by atoms with van der Waals surface area (Å²) in [6.45, 7) is 2.39. The van der Waals surface area contributed by atoms with E-state index in [0.29, 0.717) is 56.7 Å². The lowest BCUT2D eigenvalue weighted by Gasteiger charge is -2.09. The molecule has 282 valence electrons. The predicted octanol–water partition coefficient (Wildman–Crippen LogP) is 12.5. The van der Waals surface area contributed by atoms with Crippen LogP contribution in [-0.4, -0.2) is 26.3 Å². The van der Waals surface area contributed by atoms with Gasteiger partial charge in [-0.25, -0.2) is 8.78 Å². The average molecular weight is 830 g/mol. The Morgan fingerprint density at radius 1 is 0.607 bits per heavy atom. The van der Waals surface area contributed by atoms with Gasteiger partial charge in [0.05, 0.1) is 10.0 Å². The van der Waals surface area contributed by atoms with E-state index < -0.39 is 11.6 Å². The molecular weight excluding hydrogens is 798 g/mol. The molecule has 6 aromatic carbocycles. The molecule has 1 amide bonds. The quantitative estimate of drug-likeness (QED) is 0.0995. The average Bonchev–Trinajstić information content (AvgIpc) is 3.81. The lowest BCUT2D eigenvalue weighted by molar-refractivity contribution is -0.114. The molecule has 0 saturated carbocycles. The Morgan fingerprint density at radius 2 is 1.05 bits per heavy atom. The molecule has 0 bridgehead atoms. The molecule has 0 aliphatic rings. The molecule has 0 fully saturated rings. The molecule has 14 heteroatoms. The van der Waals surface area contributed by atoms with Gasteiger partial charge >= 0.3 is 0 Å². The summed E-state index contributed by atoms with van der Waals surface area (Å²) in [5.74, 6) is -0.107. The van der Waals surface area contributed by atoms with E-state index in [1.165, 1.54) is 6.92 Å². The first-order chi connectivity index (χ1) is 27.0. The summed E-state index contributed by atoms with van der Waals surface area (Å²) >= 11 is 24.6. The van der Waals surface area contributed by atoms with Crippen LogP contribution in [0.15, 0.2) is 115 Å². The van der Waals surface area contributed by atoms with Crippen molar-refractivity contribution in [1.29, 1.82) is 0 Å². The molecule has 56 heavy (non-hydrogen) atoms. The third-order valence-corrected chi connectivity index (χ3v) is 9.94. The highest BCUT2D eigenvalue weighted by Gasteiger charge is 2.19. The van der Waals surface area contributed by atoms with E-state index in [4.69, 9.17) is 46.4 Å². The Bertz CT molecular complexity index is 2650. The maximum absolute atomic E-state index is 14.8. The molecule has 8 rings (SSSR count). The normalized spacial score (nSPS) is 11.0. The molecule has 2 heterocycles. The number of fused-ring (bicyclic) bond motifs is 2. The highest BCUT2D eigenvalue weighted by molar-refractivity contribution is 6.35. The van der Waals surface area contributed by atoms with Crippen molar-refractivity contribution in [1.82, 2.24) is 20.4 Å². The highest BCUT2D eigenvalue weighted by atomic mass is 35.5. The number of nitrogens with one attached hydrogen (secondary N) is 5. The minimum Gasteiger partial charge on any atom is -0.364 e. The number of hydrogen-bond donors (Lipinski definition) is 5. The van der Waals surface area contributed by atoms with Gasteiger partial charge in [-0.1, -0.05) is 119 Å². The van der Waals surface area contributed by atoms with Gasteiger partial charge in [-0.3, -0.25) is 15.0 Å². The number of nitrogens with zero attached hydrogens (tertiary/aromatic N) is 2. The minimum atomic E-state index is -0.528. The van der Waals surface area contributed by atoms with E-state index in [9.17, 15) is 13.6 Å². The molecule has 5 N–H and O–H groups in total. The van der Waals surface area contributed by atoms with Crippen LogP contribution in [0.25, 0.3) is 44.1 Å². The first-order valence-electron chi connectivity index (χ1n) is 17.2. The number of benzene rings is 6. The first kappa shape index (κ1) is 38.6. The van der Waals surface area contributed by atoms with Gasteiger partial charge in [-0.05, 0) is 64.7 Å². The van der Waals surface area contributed by atoms with Crippen LogP contribution in [0.2, 0.25) is 20.1 Å². The van der Waals surface area contributed by atoms with Crippen LogP contribution in [0.1, 0.15) is 18.1 Å². The smallest absolute Gasteiger partial charge is 0.221 e. The van der Waals surface area contributed by atoms with Gasteiger partial charge in [-0.15, -0.1) is 0 Å². The summed E-state index contributed by atoms with van der Waals surface area (Å²) in [7, 11) is 0. The number of carbonyl (C=O) groups excluding carboxylic acids is 1. The first-order valence-corrected chi connectivity index (χ1v) is 18.7. The number of H-pyrrole nitrogens is 2. The molecule has 0 saturated heterocycles. The zero-order valence-electron chi connectivity index (χ0n) is 29.5. The fourth-order valence-electron chi connectivity index (χ4n) is 6.11. The van der Waals surface area contributed by atoms with Gasteiger partial charge in [0.25, 0.3) is 0 Å². The summed E-state index contributed by atoms with van der Waals surface area (Å²) in [5, 5.41) is 25.5. The number of carbonyl (C=O) groups is 1. The SMILES string of the molecule is CC(=O)Nc1ccc(CNc2n[nH]c3c(F)c(Cl)c(-c4ccccc4)cc23)cc1.Fc1c(Cl)c(-c2ccccc2)cc2c(NCc3cc(Cl)cc(Cl)c3)n[nH]c12. The van der Waals surface area contributed by atoms with Crippen molar-refractivity contribution in [2.45, 2.75) is 20.0 Å². The highest BCUT2D eigenvalue weighted by Crippen LogP contribution is 2.38. The molecular formula is C42H31Cl4F2N7O. The Labute approximate surface area is 340 Å². The monoisotopic (exact) mass is 827 g/mol. The molecule has 8 aromatic rings. The van der Waals surface area contributed by atoms with Crippen LogP contribution in [0.5, 0.6) is 0 Å². The van der Waals surface area contributed by atoms with Crippen LogP contribution in [0.4, 0.5) is 26.1 Å². The minimum absolute atomic E-state index is 0.0607. The van der Waals surface area contributed by atoms with Crippen molar-refractivity contribution < 1.29 is 13.6 Å². The fourth-order valence-corrected chi connectivity index (χ4v) is 7.19. The number of aromatic amines is 2. The van der Waals surface area contributed by atoms with Crippen LogP contribution >= 0.6 is 46.4 Å². The summed E-state index contributed by atoms with van der Waals surface area (Å²) in [6, 6.07) is 35.3. The second-order valence-corrected chi connectivity index (χ2v) is 14.3. The van der Waals surface area contributed by atoms with E-state index in [1.807, 2.05) is 109 Å². The van der Waals surface area contributed by atoms with E-state index in [2.05, 4.69) is 36.3 Å². The molecule has 0 aliphatic heterocycles. The summed E-state index contributed by atoms with van der Waals surface area (Å²) in [4.78, 5) is 11.1. The Kier molecular flexibility index (Phi) is 11.7. The van der Waals surface area contributed by atoms with Gasteiger partial charge in [0, 0.05) is 57.6 Å². The zero-order chi connectivity index (χ0) is 39.3. The van der Waals surface area contributed by atoms with Crippen LogP contribution in [0.3, 0.4) is 0 Å². The van der Waals surface area contributed by atoms with Crippen LogP contribution in [-0.2, 0) is 17.9 Å². The molecule has 0 aliphatic carbocycles. The van der Waals surface area contributed by atoms with Gasteiger partial charge in [0.15, 0.2) is 23.3 Å². The summed E-state index contributed by atoms with van der Waals surface area (Å²) in [6.07, 6.45) is 0. The second kappa shape index (κ2) is 17.0. The molecule has 0 spiro atoms. The number of aromatic nitrogens is 4. The number of rotatable bonds is 9. The largest absolute Gasteiger partial charge is 0.364 e. The fraction of sp³-hybridized carbons (Fsp3) is 0.0714. The van der Waals surface area contributed by atoms with Crippen molar-refractivity contribution in [3.8, 4) is 22.3 Å². The Hall–Kier alpha value is -5.65. The molecule has 0 atom stereocenters. The molecule has 8 nitrogen and oxygen atoms in total. The lowest BCUT2D eigenvalue weighted by Crippen LogP contribution is -2.06. The van der Waals surface area contributed by atoms with Crippen molar-refractivity contribution in [2.75, 3.05) is 16.0 Å². The topological polar surface area (TPSA) is 111 Å². The maximum atomic E-state index is 14.8. The van der Waals surface area contributed by atoms with Crippen LogP contribution in [0, 0.1) is 11.6 Å². The van der Waals surface area contributed by atoms with E-state index in [1.54, 1.807) is 6.07 Å². The molecule has 2 aromatic heterocycles. The van der Waals surface area contributed by atoms with E-state index in [0.717, 1.165) is 27.9 Å². The number of amides is 1. The third kappa shape index (κ3) is 8.59. The Balaban J connectivity index is 0.000000172. The van der Waals surface area contributed by atoms with E-state index in [-0.39, 0.29) is 27.0 Å². The van der Waals surface area contributed by atoms with Gasteiger partial charge < -0.3 is 16.0 Å². The Morgan fingerprint density at radius 3 is 1.50 bits per heavy atom. The van der Waals surface area contributed by atoms with Crippen molar-refractivity contribution in [2.24, 2.45) is 0 Å². The van der Waals surface area contributed by atoms with E-state index >= 15 is 0 Å². The van der Waals surface area contributed by atoms with Crippen molar-refractivity contribution >= 4 is 91.4 Å². The standard InChI is InChI=1S/C22H18ClFN4O.C20H13Cl3FN3/c1-13(29)26-16-9-7-14(8-10-16)12-25-22-18-11-17(15-5-3-2-4-6-15)19(23)20(24)21(18)27-28-22;21-13-6-11(7-14(22)8-13)10-25-20-16-9-15(12-4-2-1-3-5-12)17(23)18(24)19(16)26-27-20/h2-11H,12H2,1H3,(H,26,29)(H2,25,27,28);1-9H,10H2,(H2,25,26,27). The summed E-state index contributed by atoms with van der Waals surface area (Å²) in [5.41, 5.74) is 6.02. The number of anilines is 3. The predicted molar refractivity (Wildman–Crippen MR) is 225 cm³/mol. The third-order valence-electron chi connectivity index (χ3n) is 8.77. The lowest BCUT2D eigenvalue weighted by atomic mass is 10.0. The number of halogens is 6. The second-order valence-electron chi connectivity index (χ2n) is 12.7. The number of hydrogen-bond acceptors (Lipinski definition) is 5. The van der Waals surface area contributed by atoms with Gasteiger partial charge in [0.2, 0.25) is 5.91 Å². The van der Waals surface area contributed by atoms with Gasteiger partial charge in [-0.2, -0.15) is 10.2 Å².